The lowest BCUT2D eigenvalue weighted by atomic mass is 10.0. The molecule has 19 heavy (non-hydrogen) atoms. The van der Waals surface area contributed by atoms with Crippen LogP contribution in [-0.4, -0.2) is 32.5 Å². The van der Waals surface area contributed by atoms with Gasteiger partial charge in [-0.2, -0.15) is 0 Å². The topological polar surface area (TPSA) is 156 Å². The smallest absolute Gasteiger partial charge is 0.387 e. The molecule has 0 amide bonds. The number of nitrogens with zero attached hydrogens (tertiary/aromatic N) is 1. The van der Waals surface area contributed by atoms with E-state index >= 15 is 0 Å². The van der Waals surface area contributed by atoms with Gasteiger partial charge < -0.3 is 20.6 Å². The minimum absolute atomic E-state index is 0.143. The second-order valence-corrected chi connectivity index (χ2v) is 4.98. The molecule has 2 atom stereocenters. The van der Waals surface area contributed by atoms with E-state index in [-0.39, 0.29) is 11.3 Å². The molecular formula is C9H13N2O7P. The van der Waals surface area contributed by atoms with Gasteiger partial charge in [-0.3, -0.25) is 14.6 Å². The van der Waals surface area contributed by atoms with E-state index in [1.54, 1.807) is 0 Å². The van der Waals surface area contributed by atoms with Crippen molar-refractivity contribution in [1.29, 1.82) is 0 Å². The highest BCUT2D eigenvalue weighted by molar-refractivity contribution is 7.46. The highest BCUT2D eigenvalue weighted by Crippen LogP contribution is 2.36. The molecule has 9 nitrogen and oxygen atoms in total. The fourth-order valence-corrected chi connectivity index (χ4v) is 1.68. The third kappa shape index (κ3) is 5.03. The molecule has 0 aliphatic carbocycles. The largest absolute Gasteiger partial charge is 0.469 e. The maximum atomic E-state index is 10.5. The van der Waals surface area contributed by atoms with Crippen molar-refractivity contribution < 1.29 is 28.9 Å². The lowest BCUT2D eigenvalue weighted by Crippen LogP contribution is -2.32. The number of aliphatic hydroxyl groups excluding tert-OH is 1. The zero-order valence-corrected chi connectivity index (χ0v) is 10.5. The number of nitro benzene ring substituents is 1. The number of aliphatic hydroxyl groups is 1. The van der Waals surface area contributed by atoms with E-state index in [0.29, 0.717) is 0 Å². The molecule has 0 aliphatic rings. The number of hydrogen-bond acceptors (Lipinski definition) is 6. The monoisotopic (exact) mass is 292 g/mol. The summed E-state index contributed by atoms with van der Waals surface area (Å²) in [6, 6.07) is 3.92. The molecule has 10 heteroatoms. The van der Waals surface area contributed by atoms with Crippen molar-refractivity contribution in [2.75, 3.05) is 6.61 Å². The molecular weight excluding hydrogens is 279 g/mol. The van der Waals surface area contributed by atoms with E-state index in [2.05, 4.69) is 4.52 Å². The molecule has 5 N–H and O–H groups in total. The summed E-state index contributed by atoms with van der Waals surface area (Å²) in [6.07, 6.45) is -1.26. The summed E-state index contributed by atoms with van der Waals surface area (Å²) < 4.78 is 14.6. The van der Waals surface area contributed by atoms with Crippen LogP contribution in [0.1, 0.15) is 11.7 Å². The van der Waals surface area contributed by atoms with Gasteiger partial charge >= 0.3 is 7.82 Å². The zero-order valence-electron chi connectivity index (χ0n) is 9.62. The van der Waals surface area contributed by atoms with Crippen molar-refractivity contribution in [1.82, 2.24) is 0 Å². The van der Waals surface area contributed by atoms with Gasteiger partial charge in [0.05, 0.1) is 23.7 Å². The Morgan fingerprint density at radius 2 is 1.89 bits per heavy atom. The van der Waals surface area contributed by atoms with Crippen LogP contribution in [0.2, 0.25) is 0 Å². The van der Waals surface area contributed by atoms with Crippen LogP contribution in [0.5, 0.6) is 0 Å². The molecule has 0 spiro atoms. The van der Waals surface area contributed by atoms with Crippen molar-refractivity contribution >= 4 is 13.5 Å². The number of rotatable bonds is 6. The highest BCUT2D eigenvalue weighted by Gasteiger charge is 2.22. The quantitative estimate of drug-likeness (QED) is 0.326. The van der Waals surface area contributed by atoms with Crippen LogP contribution in [0, 0.1) is 10.1 Å². The first-order chi connectivity index (χ1) is 8.70. The molecule has 0 fully saturated rings. The number of nitro groups is 1. The number of nitrogens with two attached hydrogens (primary N) is 1. The highest BCUT2D eigenvalue weighted by atomic mass is 31.2. The molecule has 0 heterocycles. The van der Waals surface area contributed by atoms with Gasteiger partial charge in [-0.1, -0.05) is 0 Å². The van der Waals surface area contributed by atoms with Gasteiger partial charge in [0.15, 0.2) is 0 Å². The summed E-state index contributed by atoms with van der Waals surface area (Å²) >= 11 is 0. The third-order valence-electron chi connectivity index (χ3n) is 2.29. The first-order valence-electron chi connectivity index (χ1n) is 5.09. The molecule has 106 valence electrons. The standard InChI is InChI=1S/C9H13N2O7P/c10-8(5-18-19(15,16)17)9(12)6-1-3-7(4-2-6)11(13)14/h1-4,8-9,12H,5,10H2,(H2,15,16,17)/t8-,9-/m0/s1. The molecule has 1 aromatic carbocycles. The number of phosphoric ester groups is 1. The van der Waals surface area contributed by atoms with Gasteiger partial charge in [-0.25, -0.2) is 4.57 Å². The molecule has 0 saturated carbocycles. The van der Waals surface area contributed by atoms with Gasteiger partial charge in [0, 0.05) is 12.1 Å². The van der Waals surface area contributed by atoms with Crippen LogP contribution in [-0.2, 0) is 9.09 Å². The van der Waals surface area contributed by atoms with Gasteiger partial charge in [0.1, 0.15) is 0 Å². The van der Waals surface area contributed by atoms with Gasteiger partial charge in [0.25, 0.3) is 5.69 Å². The molecule has 0 aliphatic heterocycles. The van der Waals surface area contributed by atoms with E-state index in [0.717, 1.165) is 0 Å². The number of benzene rings is 1. The zero-order chi connectivity index (χ0) is 14.6. The molecule has 0 saturated heterocycles. The second-order valence-electron chi connectivity index (χ2n) is 3.74. The van der Waals surface area contributed by atoms with Crippen LogP contribution in [0.4, 0.5) is 5.69 Å². The Morgan fingerprint density at radius 3 is 2.32 bits per heavy atom. The fourth-order valence-electron chi connectivity index (χ4n) is 1.31. The van der Waals surface area contributed by atoms with Crippen LogP contribution in [0.25, 0.3) is 0 Å². The summed E-state index contributed by atoms with van der Waals surface area (Å²) in [5.74, 6) is 0. The summed E-state index contributed by atoms with van der Waals surface area (Å²) in [5, 5.41) is 20.2. The Labute approximate surface area is 108 Å². The van der Waals surface area contributed by atoms with Crippen molar-refractivity contribution in [2.45, 2.75) is 12.1 Å². The predicted molar refractivity (Wildman–Crippen MR) is 64.0 cm³/mol. The Balaban J connectivity index is 2.68. The number of phosphoric acid groups is 1. The molecule has 0 aromatic heterocycles. The summed E-state index contributed by atoms with van der Waals surface area (Å²) in [7, 11) is -4.65. The average Bonchev–Trinajstić information content (AvgIpc) is 2.34. The predicted octanol–water partition coefficient (Wildman–Crippen LogP) is 0.0648. The van der Waals surface area contributed by atoms with Crippen LogP contribution >= 0.6 is 7.82 Å². The fraction of sp³-hybridized carbons (Fsp3) is 0.333. The Hall–Kier alpha value is -1.35. The van der Waals surface area contributed by atoms with Gasteiger partial charge in [0.2, 0.25) is 0 Å². The lowest BCUT2D eigenvalue weighted by Gasteiger charge is -2.19. The first-order valence-corrected chi connectivity index (χ1v) is 6.62. The van der Waals surface area contributed by atoms with Crippen LogP contribution in [0.15, 0.2) is 24.3 Å². The Bertz CT molecular complexity index is 486. The third-order valence-corrected chi connectivity index (χ3v) is 2.77. The number of non-ortho nitro benzene ring substituents is 1. The van der Waals surface area contributed by atoms with E-state index in [1.807, 2.05) is 0 Å². The van der Waals surface area contributed by atoms with Crippen molar-refractivity contribution in [3.63, 3.8) is 0 Å². The van der Waals surface area contributed by atoms with Gasteiger partial charge in [-0.15, -0.1) is 0 Å². The van der Waals surface area contributed by atoms with Crippen molar-refractivity contribution in [3.05, 3.63) is 39.9 Å². The average molecular weight is 292 g/mol. The molecule has 1 aromatic rings. The maximum Gasteiger partial charge on any atom is 0.469 e. The van der Waals surface area contributed by atoms with Gasteiger partial charge in [-0.05, 0) is 17.7 Å². The Morgan fingerprint density at radius 1 is 1.37 bits per heavy atom. The second kappa shape index (κ2) is 6.20. The minimum atomic E-state index is -4.65. The normalized spacial score (nSPS) is 14.9. The van der Waals surface area contributed by atoms with E-state index in [4.69, 9.17) is 15.5 Å². The maximum absolute atomic E-state index is 10.5. The van der Waals surface area contributed by atoms with E-state index in [1.165, 1.54) is 24.3 Å². The lowest BCUT2D eigenvalue weighted by molar-refractivity contribution is -0.384. The number of hydrogen-bond donors (Lipinski definition) is 4. The summed E-state index contributed by atoms with van der Waals surface area (Å²) in [4.78, 5) is 26.8. The summed E-state index contributed by atoms with van der Waals surface area (Å²) in [6.45, 7) is -0.553. The van der Waals surface area contributed by atoms with Crippen LogP contribution in [0.3, 0.4) is 0 Å². The Kier molecular flexibility index (Phi) is 5.12. The van der Waals surface area contributed by atoms with Crippen LogP contribution < -0.4 is 5.73 Å². The molecule has 1 rings (SSSR count). The first kappa shape index (κ1) is 15.7. The minimum Gasteiger partial charge on any atom is -0.387 e. The molecule has 0 unspecified atom stereocenters. The van der Waals surface area contributed by atoms with E-state index in [9.17, 15) is 19.8 Å². The SMILES string of the molecule is N[C@@H](COP(=O)(O)O)[C@@H](O)c1ccc([N+](=O)[O-])cc1. The van der Waals surface area contributed by atoms with E-state index < -0.39 is 31.5 Å². The van der Waals surface area contributed by atoms with Crippen molar-refractivity contribution in [3.8, 4) is 0 Å². The van der Waals surface area contributed by atoms with Crippen molar-refractivity contribution in [2.24, 2.45) is 5.73 Å². The molecule has 0 radical (unpaired) electrons. The summed E-state index contributed by atoms with van der Waals surface area (Å²) in [5.41, 5.74) is 5.64. The molecule has 0 bridgehead atoms.